The zero-order valence-corrected chi connectivity index (χ0v) is 12.6. The van der Waals surface area contributed by atoms with Crippen molar-refractivity contribution in [2.75, 3.05) is 6.54 Å². The van der Waals surface area contributed by atoms with Crippen LogP contribution in [-0.2, 0) is 11.3 Å². The fraction of sp³-hybridized carbons (Fsp3) is 0.600. The van der Waals surface area contributed by atoms with Gasteiger partial charge in [0.05, 0.1) is 12.2 Å². The largest absolute Gasteiger partial charge is 0.369 e. The summed E-state index contributed by atoms with van der Waals surface area (Å²) in [5.74, 6) is 0.819. The predicted molar refractivity (Wildman–Crippen MR) is 78.3 cm³/mol. The molecule has 0 unspecified atom stereocenters. The molecule has 1 aliphatic carbocycles. The number of halogens is 1. The van der Waals surface area contributed by atoms with Crippen LogP contribution in [0.25, 0.3) is 0 Å². The van der Waals surface area contributed by atoms with Crippen LogP contribution in [0.3, 0.4) is 0 Å². The van der Waals surface area contributed by atoms with Gasteiger partial charge in [0.2, 0.25) is 0 Å². The Bertz CT molecular complexity index is 386. The SMILES string of the molecule is CC1CCC(CN)(OCc2cccc(Br)c2)CC1. The summed E-state index contributed by atoms with van der Waals surface area (Å²) in [5.41, 5.74) is 7.06. The molecule has 18 heavy (non-hydrogen) atoms. The van der Waals surface area contributed by atoms with Gasteiger partial charge in [0.15, 0.2) is 0 Å². The molecule has 2 N–H and O–H groups in total. The van der Waals surface area contributed by atoms with E-state index >= 15 is 0 Å². The van der Waals surface area contributed by atoms with E-state index in [9.17, 15) is 0 Å². The van der Waals surface area contributed by atoms with E-state index in [0.717, 1.165) is 23.2 Å². The second kappa shape index (κ2) is 6.18. The maximum absolute atomic E-state index is 6.16. The number of hydrogen-bond donors (Lipinski definition) is 1. The van der Waals surface area contributed by atoms with E-state index < -0.39 is 0 Å². The van der Waals surface area contributed by atoms with E-state index in [0.29, 0.717) is 13.2 Å². The molecule has 0 aromatic heterocycles. The van der Waals surface area contributed by atoms with E-state index in [1.165, 1.54) is 18.4 Å². The summed E-state index contributed by atoms with van der Waals surface area (Å²) in [5, 5.41) is 0. The summed E-state index contributed by atoms with van der Waals surface area (Å²) < 4.78 is 7.26. The number of hydrogen-bond acceptors (Lipinski definition) is 2. The Labute approximate surface area is 118 Å². The molecule has 100 valence electrons. The molecule has 0 bridgehead atoms. The third-order valence-corrected chi connectivity index (χ3v) is 4.48. The predicted octanol–water partition coefficient (Wildman–Crippen LogP) is 3.87. The monoisotopic (exact) mass is 311 g/mol. The van der Waals surface area contributed by atoms with Crippen LogP contribution in [0.1, 0.15) is 38.2 Å². The number of nitrogens with two attached hydrogens (primary N) is 1. The first-order chi connectivity index (χ1) is 8.63. The van der Waals surface area contributed by atoms with Crippen molar-refractivity contribution in [1.82, 2.24) is 0 Å². The fourth-order valence-electron chi connectivity index (χ4n) is 2.56. The molecule has 3 heteroatoms. The second-order valence-electron chi connectivity index (χ2n) is 5.49. The Morgan fingerprint density at radius 1 is 1.39 bits per heavy atom. The van der Waals surface area contributed by atoms with Crippen LogP contribution >= 0.6 is 15.9 Å². The van der Waals surface area contributed by atoms with Gasteiger partial charge in [0.25, 0.3) is 0 Å². The van der Waals surface area contributed by atoms with Gasteiger partial charge in [-0.1, -0.05) is 35.0 Å². The molecular weight excluding hydrogens is 290 g/mol. The van der Waals surface area contributed by atoms with Crippen molar-refractivity contribution in [3.63, 3.8) is 0 Å². The molecule has 0 aliphatic heterocycles. The quantitative estimate of drug-likeness (QED) is 0.916. The van der Waals surface area contributed by atoms with Crippen molar-refractivity contribution in [3.8, 4) is 0 Å². The molecule has 2 rings (SSSR count). The van der Waals surface area contributed by atoms with Crippen molar-refractivity contribution in [1.29, 1.82) is 0 Å². The van der Waals surface area contributed by atoms with Crippen molar-refractivity contribution < 1.29 is 4.74 Å². The standard InChI is InChI=1S/C15H22BrNO/c1-12-5-7-15(11-17,8-6-12)18-10-13-3-2-4-14(16)9-13/h2-4,9,12H,5-8,10-11,17H2,1H3. The number of rotatable bonds is 4. The lowest BCUT2D eigenvalue weighted by Gasteiger charge is -2.38. The molecule has 0 saturated heterocycles. The maximum atomic E-state index is 6.16. The summed E-state index contributed by atoms with van der Waals surface area (Å²) in [6, 6.07) is 8.28. The summed E-state index contributed by atoms with van der Waals surface area (Å²) in [7, 11) is 0. The van der Waals surface area contributed by atoms with Gasteiger partial charge < -0.3 is 10.5 Å². The molecule has 2 nitrogen and oxygen atoms in total. The molecule has 0 amide bonds. The minimum absolute atomic E-state index is 0.0885. The summed E-state index contributed by atoms with van der Waals surface area (Å²) in [6.45, 7) is 3.60. The maximum Gasteiger partial charge on any atom is 0.0808 e. The molecule has 0 radical (unpaired) electrons. The highest BCUT2D eigenvalue weighted by molar-refractivity contribution is 9.10. The third-order valence-electron chi connectivity index (χ3n) is 3.99. The van der Waals surface area contributed by atoms with E-state index in [1.807, 2.05) is 12.1 Å². The second-order valence-corrected chi connectivity index (χ2v) is 6.40. The van der Waals surface area contributed by atoms with Crippen LogP contribution in [-0.4, -0.2) is 12.1 Å². The zero-order chi connectivity index (χ0) is 13.0. The summed E-state index contributed by atoms with van der Waals surface area (Å²) >= 11 is 3.49. The fourth-order valence-corrected chi connectivity index (χ4v) is 3.01. The molecule has 0 heterocycles. The number of benzene rings is 1. The molecule has 0 atom stereocenters. The summed E-state index contributed by atoms with van der Waals surface area (Å²) in [4.78, 5) is 0. The van der Waals surface area contributed by atoms with Crippen LogP contribution in [0.15, 0.2) is 28.7 Å². The molecular formula is C15H22BrNO. The van der Waals surface area contributed by atoms with Crippen molar-refractivity contribution in [3.05, 3.63) is 34.3 Å². The molecule has 0 spiro atoms. The first-order valence-corrected chi connectivity index (χ1v) is 7.51. The first-order valence-electron chi connectivity index (χ1n) is 6.72. The number of ether oxygens (including phenoxy) is 1. The molecule has 1 saturated carbocycles. The Kier molecular flexibility index (Phi) is 4.82. The third kappa shape index (κ3) is 3.56. The summed E-state index contributed by atoms with van der Waals surface area (Å²) in [6.07, 6.45) is 4.66. The van der Waals surface area contributed by atoms with E-state index in [-0.39, 0.29) is 5.60 Å². The van der Waals surface area contributed by atoms with Crippen molar-refractivity contribution in [2.45, 2.75) is 44.8 Å². The van der Waals surface area contributed by atoms with Gasteiger partial charge in [-0.3, -0.25) is 0 Å². The minimum Gasteiger partial charge on any atom is -0.369 e. The Hall–Kier alpha value is -0.380. The highest BCUT2D eigenvalue weighted by Crippen LogP contribution is 2.34. The van der Waals surface area contributed by atoms with Gasteiger partial charge in [0.1, 0.15) is 0 Å². The van der Waals surface area contributed by atoms with Crippen LogP contribution in [0.4, 0.5) is 0 Å². The average Bonchev–Trinajstić information content (AvgIpc) is 2.39. The smallest absolute Gasteiger partial charge is 0.0808 e. The van der Waals surface area contributed by atoms with E-state index in [4.69, 9.17) is 10.5 Å². The van der Waals surface area contributed by atoms with Crippen molar-refractivity contribution in [2.24, 2.45) is 11.7 Å². The average molecular weight is 312 g/mol. The van der Waals surface area contributed by atoms with Crippen LogP contribution < -0.4 is 5.73 Å². The lowest BCUT2D eigenvalue weighted by Crippen LogP contribution is -2.43. The molecule has 1 aliphatic rings. The topological polar surface area (TPSA) is 35.2 Å². The van der Waals surface area contributed by atoms with Gasteiger partial charge in [-0.2, -0.15) is 0 Å². The van der Waals surface area contributed by atoms with Gasteiger partial charge in [-0.05, 0) is 49.3 Å². The van der Waals surface area contributed by atoms with Crippen LogP contribution in [0, 0.1) is 5.92 Å². The lowest BCUT2D eigenvalue weighted by molar-refractivity contribution is -0.0799. The minimum atomic E-state index is -0.0885. The van der Waals surface area contributed by atoms with Gasteiger partial charge in [-0.15, -0.1) is 0 Å². The van der Waals surface area contributed by atoms with E-state index in [1.54, 1.807) is 0 Å². The molecule has 1 aromatic carbocycles. The highest BCUT2D eigenvalue weighted by Gasteiger charge is 2.33. The normalized spacial score (nSPS) is 28.3. The van der Waals surface area contributed by atoms with Crippen LogP contribution in [0.2, 0.25) is 0 Å². The Morgan fingerprint density at radius 2 is 2.11 bits per heavy atom. The van der Waals surface area contributed by atoms with E-state index in [2.05, 4.69) is 35.0 Å². The molecule has 1 fully saturated rings. The zero-order valence-electron chi connectivity index (χ0n) is 11.0. The lowest BCUT2D eigenvalue weighted by atomic mass is 9.79. The Morgan fingerprint density at radius 3 is 2.72 bits per heavy atom. The van der Waals surface area contributed by atoms with Gasteiger partial charge in [0, 0.05) is 11.0 Å². The van der Waals surface area contributed by atoms with Crippen LogP contribution in [0.5, 0.6) is 0 Å². The first kappa shape index (κ1) is 14.0. The van der Waals surface area contributed by atoms with Gasteiger partial charge >= 0.3 is 0 Å². The highest BCUT2D eigenvalue weighted by atomic mass is 79.9. The van der Waals surface area contributed by atoms with Gasteiger partial charge in [-0.25, -0.2) is 0 Å². The van der Waals surface area contributed by atoms with Crippen molar-refractivity contribution >= 4 is 15.9 Å². The molecule has 1 aromatic rings. The Balaban J connectivity index is 1.95.